The highest BCUT2D eigenvalue weighted by Gasteiger charge is 2.25. The first kappa shape index (κ1) is 21.7. The second-order valence-electron chi connectivity index (χ2n) is 7.26. The third-order valence-corrected chi connectivity index (χ3v) is 5.24. The molecule has 2 amide bonds. The molecule has 0 atom stereocenters. The van der Waals surface area contributed by atoms with E-state index in [0.717, 1.165) is 36.7 Å². The van der Waals surface area contributed by atoms with Gasteiger partial charge < -0.3 is 29.9 Å². The van der Waals surface area contributed by atoms with Gasteiger partial charge in [0, 0.05) is 39.3 Å². The van der Waals surface area contributed by atoms with E-state index in [1.807, 2.05) is 31.2 Å². The van der Waals surface area contributed by atoms with E-state index in [9.17, 15) is 9.59 Å². The van der Waals surface area contributed by atoms with Crippen LogP contribution in [0.4, 0.5) is 10.5 Å². The number of nitrogens with zero attached hydrogens (tertiary/aromatic N) is 3. The van der Waals surface area contributed by atoms with Crippen molar-refractivity contribution in [3.05, 3.63) is 24.3 Å². The second-order valence-corrected chi connectivity index (χ2v) is 7.26. The number of nitrogens with one attached hydrogen (secondary N) is 2. The molecule has 0 radical (unpaired) electrons. The molecule has 2 heterocycles. The van der Waals surface area contributed by atoms with Crippen LogP contribution in [0, 0.1) is 0 Å². The molecule has 0 aliphatic carbocycles. The van der Waals surface area contributed by atoms with Gasteiger partial charge in [-0.3, -0.25) is 9.79 Å². The van der Waals surface area contributed by atoms with Crippen LogP contribution in [-0.2, 0) is 9.53 Å². The van der Waals surface area contributed by atoms with Crippen LogP contribution in [0.3, 0.4) is 0 Å². The lowest BCUT2D eigenvalue weighted by Gasteiger charge is -2.32. The highest BCUT2D eigenvalue weighted by Crippen LogP contribution is 2.31. The number of piperidine rings is 1. The molecule has 1 fully saturated rings. The Morgan fingerprint density at radius 1 is 1.30 bits per heavy atom. The van der Waals surface area contributed by atoms with Crippen molar-refractivity contribution in [2.24, 2.45) is 4.99 Å². The quantitative estimate of drug-likeness (QED) is 0.415. The number of hydrogen-bond acceptors (Lipinski definition) is 5. The van der Waals surface area contributed by atoms with Gasteiger partial charge in [-0.25, -0.2) is 4.79 Å². The van der Waals surface area contributed by atoms with Gasteiger partial charge in [-0.05, 0) is 38.3 Å². The zero-order valence-electron chi connectivity index (χ0n) is 17.7. The first-order valence-electron chi connectivity index (χ1n) is 10.5. The number of amides is 2. The Hall–Kier alpha value is -2.97. The molecule has 2 aliphatic rings. The number of hydrogen-bond donors (Lipinski definition) is 2. The molecule has 3 rings (SSSR count). The summed E-state index contributed by atoms with van der Waals surface area (Å²) in [6.07, 6.45) is 2.23. The molecular formula is C21H31N5O4. The van der Waals surface area contributed by atoms with Crippen LogP contribution in [0.2, 0.25) is 0 Å². The van der Waals surface area contributed by atoms with Crippen LogP contribution in [0.15, 0.2) is 29.3 Å². The van der Waals surface area contributed by atoms with E-state index in [-0.39, 0.29) is 24.6 Å². The maximum atomic E-state index is 12.2. The van der Waals surface area contributed by atoms with Crippen molar-refractivity contribution in [3.8, 4) is 5.75 Å². The third-order valence-electron chi connectivity index (χ3n) is 5.24. The van der Waals surface area contributed by atoms with Crippen molar-refractivity contribution in [3.63, 3.8) is 0 Å². The zero-order valence-corrected chi connectivity index (χ0v) is 17.7. The molecule has 164 valence electrons. The summed E-state index contributed by atoms with van der Waals surface area (Å²) >= 11 is 0. The van der Waals surface area contributed by atoms with Crippen molar-refractivity contribution >= 4 is 23.6 Å². The molecule has 9 heteroatoms. The van der Waals surface area contributed by atoms with Gasteiger partial charge in [-0.1, -0.05) is 12.1 Å². The molecule has 0 aromatic heterocycles. The fraction of sp³-hybridized carbons (Fsp3) is 0.571. The maximum Gasteiger partial charge on any atom is 0.409 e. The Kier molecular flexibility index (Phi) is 7.75. The topological polar surface area (TPSA) is 95.5 Å². The summed E-state index contributed by atoms with van der Waals surface area (Å²) in [5.74, 6) is 1.46. The molecular weight excluding hydrogens is 386 g/mol. The number of anilines is 1. The average Bonchev–Trinajstić information content (AvgIpc) is 2.77. The molecule has 30 heavy (non-hydrogen) atoms. The molecule has 0 unspecified atom stereocenters. The van der Waals surface area contributed by atoms with Gasteiger partial charge in [0.05, 0.1) is 12.3 Å². The molecule has 1 aromatic rings. The summed E-state index contributed by atoms with van der Waals surface area (Å²) in [4.78, 5) is 31.8. The minimum absolute atomic E-state index is 0.0235. The van der Waals surface area contributed by atoms with Crippen molar-refractivity contribution in [2.75, 3.05) is 51.3 Å². The number of rotatable bonds is 6. The molecule has 0 saturated carbocycles. The lowest BCUT2D eigenvalue weighted by Crippen LogP contribution is -2.50. The maximum absolute atomic E-state index is 12.2. The standard InChI is InChI=1S/C21H31N5O4/c1-3-29-21(28)25-13-9-16(10-14-25)24-20(22-2)23-11-6-12-26-17-7-4-5-8-18(17)30-15-19(26)27/h4-5,7-8,16H,3,6,9-15H2,1-2H3,(H2,22,23,24). The Morgan fingerprint density at radius 2 is 2.07 bits per heavy atom. The molecule has 1 aromatic carbocycles. The molecule has 2 aliphatic heterocycles. The average molecular weight is 418 g/mol. The predicted octanol–water partition coefficient (Wildman–Crippen LogP) is 1.59. The molecule has 0 bridgehead atoms. The number of likely N-dealkylation sites (tertiary alicyclic amines) is 1. The number of carbonyl (C=O) groups excluding carboxylic acids is 2. The van der Waals surface area contributed by atoms with Crippen molar-refractivity contribution in [2.45, 2.75) is 32.2 Å². The van der Waals surface area contributed by atoms with Crippen molar-refractivity contribution in [1.82, 2.24) is 15.5 Å². The van der Waals surface area contributed by atoms with E-state index in [0.29, 0.717) is 32.8 Å². The fourth-order valence-corrected chi connectivity index (χ4v) is 3.65. The molecule has 0 spiro atoms. The van der Waals surface area contributed by atoms with E-state index < -0.39 is 0 Å². The van der Waals surface area contributed by atoms with Gasteiger partial charge >= 0.3 is 6.09 Å². The SMILES string of the molecule is CCOC(=O)N1CCC(NC(=NC)NCCCN2C(=O)COc3ccccc32)CC1. The monoisotopic (exact) mass is 417 g/mol. The Labute approximate surface area is 177 Å². The van der Waals surface area contributed by atoms with Crippen LogP contribution in [0.25, 0.3) is 0 Å². The van der Waals surface area contributed by atoms with Gasteiger partial charge in [-0.15, -0.1) is 0 Å². The van der Waals surface area contributed by atoms with E-state index in [2.05, 4.69) is 15.6 Å². The number of guanidine groups is 1. The second kappa shape index (κ2) is 10.7. The normalized spacial score (nSPS) is 17.3. The number of ether oxygens (including phenoxy) is 2. The van der Waals surface area contributed by atoms with Crippen molar-refractivity contribution in [1.29, 1.82) is 0 Å². The smallest absolute Gasteiger partial charge is 0.409 e. The highest BCUT2D eigenvalue weighted by atomic mass is 16.6. The minimum Gasteiger partial charge on any atom is -0.482 e. The first-order valence-corrected chi connectivity index (χ1v) is 10.5. The first-order chi connectivity index (χ1) is 14.6. The Morgan fingerprint density at radius 3 is 2.80 bits per heavy atom. The van der Waals surface area contributed by atoms with Crippen LogP contribution in [-0.4, -0.2) is 75.3 Å². The van der Waals surface area contributed by atoms with Crippen LogP contribution < -0.4 is 20.3 Å². The zero-order chi connectivity index (χ0) is 21.3. The van der Waals surface area contributed by atoms with E-state index in [4.69, 9.17) is 9.47 Å². The summed E-state index contributed by atoms with van der Waals surface area (Å²) in [5, 5.41) is 6.73. The number of fused-ring (bicyclic) bond motifs is 1. The summed E-state index contributed by atoms with van der Waals surface area (Å²) in [5.41, 5.74) is 0.824. The van der Waals surface area contributed by atoms with Gasteiger partial charge in [-0.2, -0.15) is 0 Å². The largest absolute Gasteiger partial charge is 0.482 e. The molecule has 2 N–H and O–H groups in total. The lowest BCUT2D eigenvalue weighted by atomic mass is 10.1. The minimum atomic E-state index is -0.238. The molecule has 1 saturated heterocycles. The van der Waals surface area contributed by atoms with Crippen LogP contribution in [0.1, 0.15) is 26.2 Å². The number of benzene rings is 1. The highest BCUT2D eigenvalue weighted by molar-refractivity contribution is 5.97. The van der Waals surface area contributed by atoms with Gasteiger partial charge in [0.25, 0.3) is 5.91 Å². The number of aliphatic imine (C=N–C) groups is 1. The summed E-state index contributed by atoms with van der Waals surface area (Å²) in [7, 11) is 1.74. The predicted molar refractivity (Wildman–Crippen MR) is 115 cm³/mol. The summed E-state index contributed by atoms with van der Waals surface area (Å²) in [6, 6.07) is 7.86. The Balaban J connectivity index is 1.40. The number of carbonyl (C=O) groups is 2. The summed E-state index contributed by atoms with van der Waals surface area (Å²) < 4.78 is 10.5. The lowest BCUT2D eigenvalue weighted by molar-refractivity contribution is -0.121. The van der Waals surface area contributed by atoms with Crippen molar-refractivity contribution < 1.29 is 19.1 Å². The van der Waals surface area contributed by atoms with Crippen LogP contribution >= 0.6 is 0 Å². The van der Waals surface area contributed by atoms with E-state index in [1.165, 1.54) is 0 Å². The Bertz CT molecular complexity index is 762. The van der Waals surface area contributed by atoms with E-state index >= 15 is 0 Å². The van der Waals surface area contributed by atoms with E-state index in [1.54, 1.807) is 16.8 Å². The third kappa shape index (κ3) is 5.55. The van der Waals surface area contributed by atoms with Crippen LogP contribution in [0.5, 0.6) is 5.75 Å². The molecule has 9 nitrogen and oxygen atoms in total. The number of para-hydroxylation sites is 2. The van der Waals surface area contributed by atoms with Gasteiger partial charge in [0.1, 0.15) is 5.75 Å². The van der Waals surface area contributed by atoms with Gasteiger partial charge in [0.2, 0.25) is 0 Å². The fourth-order valence-electron chi connectivity index (χ4n) is 3.65. The van der Waals surface area contributed by atoms with Gasteiger partial charge in [0.15, 0.2) is 12.6 Å². The summed E-state index contributed by atoms with van der Waals surface area (Å²) in [6.45, 7) is 4.94.